The average molecular weight is 800 g/mol. The molecule has 1 spiro atoms. The van der Waals surface area contributed by atoms with E-state index in [1.807, 2.05) is 0 Å². The summed E-state index contributed by atoms with van der Waals surface area (Å²) in [5, 5.41) is 9.19. The van der Waals surface area contributed by atoms with Gasteiger partial charge >= 0.3 is 0 Å². The number of benzene rings is 10. The van der Waals surface area contributed by atoms with Crippen LogP contribution in [0.5, 0.6) is 0 Å². The van der Waals surface area contributed by atoms with Crippen molar-refractivity contribution in [3.63, 3.8) is 0 Å². The second-order valence-corrected chi connectivity index (χ2v) is 17.1. The number of nitrogens with zero attached hydrogens (tertiary/aromatic N) is 1. The topological polar surface area (TPSA) is 18.1 Å². The van der Waals surface area contributed by atoms with Gasteiger partial charge in [-0.15, -0.1) is 0 Å². The van der Waals surface area contributed by atoms with Crippen LogP contribution in [-0.4, -0.2) is 4.57 Å². The second kappa shape index (κ2) is 12.9. The first kappa shape index (κ1) is 34.5. The van der Waals surface area contributed by atoms with E-state index in [1.165, 1.54) is 77.1 Å². The molecule has 0 saturated carbocycles. The van der Waals surface area contributed by atoms with E-state index in [1.54, 1.807) is 0 Å². The Labute approximate surface area is 363 Å². The van der Waals surface area contributed by atoms with E-state index in [9.17, 15) is 0 Å². The fraction of sp³-hybridized carbons (Fsp3) is 0.0164. The molecule has 0 N–H and O–H groups in total. The zero-order valence-electron chi connectivity index (χ0n) is 34.2. The lowest BCUT2D eigenvalue weighted by molar-refractivity contribution is 0.663. The van der Waals surface area contributed by atoms with Gasteiger partial charge in [0.2, 0.25) is 0 Å². The molecule has 12 aromatic rings. The molecule has 63 heavy (non-hydrogen) atoms. The molecule has 2 heteroatoms. The number of hydrogen-bond acceptors (Lipinski definition) is 1. The molecule has 0 bridgehead atoms. The molecular formula is C61H37NO. The van der Waals surface area contributed by atoms with Crippen molar-refractivity contribution in [2.75, 3.05) is 0 Å². The van der Waals surface area contributed by atoms with Crippen LogP contribution >= 0.6 is 0 Å². The van der Waals surface area contributed by atoms with Crippen LogP contribution in [0.15, 0.2) is 229 Å². The van der Waals surface area contributed by atoms with Crippen molar-refractivity contribution in [1.82, 2.24) is 4.57 Å². The maximum absolute atomic E-state index is 7.04. The molecule has 2 heterocycles. The monoisotopic (exact) mass is 799 g/mol. The molecule has 0 aliphatic heterocycles. The normalized spacial score (nSPS) is 13.2. The Bertz CT molecular complexity index is 3910. The fourth-order valence-corrected chi connectivity index (χ4v) is 11.4. The fourth-order valence-electron chi connectivity index (χ4n) is 11.4. The Balaban J connectivity index is 1.14. The van der Waals surface area contributed by atoms with E-state index in [-0.39, 0.29) is 0 Å². The Hall–Kier alpha value is -8.20. The van der Waals surface area contributed by atoms with Crippen molar-refractivity contribution in [3.8, 4) is 39.1 Å². The van der Waals surface area contributed by atoms with Crippen molar-refractivity contribution in [3.05, 3.63) is 247 Å². The summed E-state index contributed by atoms with van der Waals surface area (Å²) >= 11 is 0. The lowest BCUT2D eigenvalue weighted by Crippen LogP contribution is -2.26. The summed E-state index contributed by atoms with van der Waals surface area (Å²) in [6.45, 7) is 0. The van der Waals surface area contributed by atoms with Gasteiger partial charge in [-0.3, -0.25) is 0 Å². The molecule has 0 radical (unpaired) electrons. The molecule has 2 aromatic heterocycles. The van der Waals surface area contributed by atoms with Gasteiger partial charge in [0.15, 0.2) is 0 Å². The van der Waals surface area contributed by atoms with E-state index in [4.69, 9.17) is 4.42 Å². The summed E-state index contributed by atoms with van der Waals surface area (Å²) in [5.74, 6) is 0. The third-order valence-corrected chi connectivity index (χ3v) is 14.0. The molecule has 0 fully saturated rings. The highest BCUT2D eigenvalue weighted by molar-refractivity contribution is 6.24. The third-order valence-electron chi connectivity index (χ3n) is 14.0. The second-order valence-electron chi connectivity index (χ2n) is 17.1. The van der Waals surface area contributed by atoms with Crippen molar-refractivity contribution in [2.24, 2.45) is 0 Å². The number of hydrogen-bond donors (Lipinski definition) is 0. The van der Waals surface area contributed by atoms with Crippen LogP contribution in [0.25, 0.3) is 104 Å². The van der Waals surface area contributed by atoms with E-state index in [2.05, 4.69) is 229 Å². The highest BCUT2D eigenvalue weighted by Crippen LogP contribution is 2.63. The standard InChI is InChI=1S/C61H37NO/c1-2-16-38(17-3-1)39-30-33-60-52(34-39)50-37-58-51(36-49(50)42-19-5-4-18-41(42)48-24-10-15-29-59(48)63-60)47-23-9-14-28-57(47)62(58)40-31-32-46-45-22-8-13-27-55(45)61(56(46)35-40)53-25-11-6-20-43(53)44-21-7-12-26-54(44)61/h1-37H. The van der Waals surface area contributed by atoms with Crippen molar-refractivity contribution < 1.29 is 4.42 Å². The number of rotatable bonds is 2. The number of fused-ring (bicyclic) bond motifs is 20. The Kier molecular flexibility index (Phi) is 7.07. The summed E-state index contributed by atoms with van der Waals surface area (Å²) < 4.78 is 9.54. The summed E-state index contributed by atoms with van der Waals surface area (Å²) in [5.41, 5.74) is 17.6. The van der Waals surface area contributed by atoms with Gasteiger partial charge in [-0.05, 0) is 126 Å². The highest BCUT2D eigenvalue weighted by atomic mass is 16.3. The van der Waals surface area contributed by atoms with Crippen LogP contribution in [0.4, 0.5) is 0 Å². The van der Waals surface area contributed by atoms with Crippen LogP contribution in [0.3, 0.4) is 0 Å². The molecule has 0 unspecified atom stereocenters. The molecule has 0 amide bonds. The zero-order valence-corrected chi connectivity index (χ0v) is 34.2. The SMILES string of the molecule is c1ccc(-c2ccc3oc4ccccc4c4ccccc4c4cc5c6ccccc6n(-c6ccc7c(c6)C6(c8ccccc8-c8ccccc86)c6ccccc6-7)c5cc4c3c2)cc1. The third kappa shape index (κ3) is 4.67. The first-order valence-electron chi connectivity index (χ1n) is 21.8. The summed E-state index contributed by atoms with van der Waals surface area (Å²) in [7, 11) is 0. The van der Waals surface area contributed by atoms with Gasteiger partial charge in [0.1, 0.15) is 11.2 Å². The Morgan fingerprint density at radius 3 is 1.54 bits per heavy atom. The molecule has 10 aromatic carbocycles. The smallest absolute Gasteiger partial charge is 0.135 e. The van der Waals surface area contributed by atoms with Crippen LogP contribution in [0, 0.1) is 0 Å². The Morgan fingerprint density at radius 1 is 0.286 bits per heavy atom. The van der Waals surface area contributed by atoms with Crippen LogP contribution < -0.4 is 0 Å². The molecule has 2 aliphatic rings. The largest absolute Gasteiger partial charge is 0.456 e. The van der Waals surface area contributed by atoms with Crippen LogP contribution in [0.2, 0.25) is 0 Å². The maximum atomic E-state index is 7.04. The van der Waals surface area contributed by atoms with E-state index in [0.29, 0.717) is 0 Å². The predicted molar refractivity (Wildman–Crippen MR) is 262 cm³/mol. The molecule has 2 aliphatic carbocycles. The predicted octanol–water partition coefficient (Wildman–Crippen LogP) is 16.1. The molecule has 0 atom stereocenters. The highest BCUT2D eigenvalue weighted by Gasteiger charge is 2.51. The Morgan fingerprint density at radius 2 is 0.825 bits per heavy atom. The van der Waals surface area contributed by atoms with Gasteiger partial charge in [-0.25, -0.2) is 0 Å². The van der Waals surface area contributed by atoms with Gasteiger partial charge in [0.05, 0.1) is 16.4 Å². The molecule has 0 saturated heterocycles. The van der Waals surface area contributed by atoms with E-state index >= 15 is 0 Å². The number of para-hydroxylation sites is 2. The van der Waals surface area contributed by atoms with Crippen molar-refractivity contribution in [1.29, 1.82) is 0 Å². The molecule has 2 nitrogen and oxygen atoms in total. The van der Waals surface area contributed by atoms with Crippen molar-refractivity contribution >= 4 is 65.3 Å². The maximum Gasteiger partial charge on any atom is 0.135 e. The quantitative estimate of drug-likeness (QED) is 0.170. The summed E-state index contributed by atoms with van der Waals surface area (Å²) in [6, 6.07) is 82.8. The van der Waals surface area contributed by atoms with Gasteiger partial charge in [-0.1, -0.05) is 176 Å². The van der Waals surface area contributed by atoms with Crippen LogP contribution in [0.1, 0.15) is 22.3 Å². The van der Waals surface area contributed by atoms with Gasteiger partial charge in [0.25, 0.3) is 0 Å². The van der Waals surface area contributed by atoms with Gasteiger partial charge < -0.3 is 8.98 Å². The summed E-state index contributed by atoms with van der Waals surface area (Å²) in [6.07, 6.45) is 0. The van der Waals surface area contributed by atoms with Gasteiger partial charge in [-0.2, -0.15) is 0 Å². The minimum Gasteiger partial charge on any atom is -0.456 e. The minimum atomic E-state index is -0.440. The van der Waals surface area contributed by atoms with E-state index in [0.717, 1.165) is 49.5 Å². The molecule has 14 rings (SSSR count). The van der Waals surface area contributed by atoms with Crippen LogP contribution in [-0.2, 0) is 5.41 Å². The molecular weight excluding hydrogens is 763 g/mol. The zero-order chi connectivity index (χ0) is 41.2. The first-order valence-corrected chi connectivity index (χ1v) is 21.8. The lowest BCUT2D eigenvalue weighted by Gasteiger charge is -2.30. The first-order chi connectivity index (χ1) is 31.3. The van der Waals surface area contributed by atoms with Gasteiger partial charge in [0, 0.05) is 27.2 Å². The van der Waals surface area contributed by atoms with Crippen molar-refractivity contribution in [2.45, 2.75) is 5.41 Å². The minimum absolute atomic E-state index is 0.440. The van der Waals surface area contributed by atoms with E-state index < -0.39 is 5.41 Å². The lowest BCUT2D eigenvalue weighted by atomic mass is 9.70. The average Bonchev–Trinajstić information content (AvgIpc) is 3.96. The molecule has 292 valence electrons. The number of aromatic nitrogens is 1. The summed E-state index contributed by atoms with van der Waals surface area (Å²) in [4.78, 5) is 0.